The molecule has 0 fully saturated rings. The topological polar surface area (TPSA) is 0 Å². The molecule has 0 aromatic heterocycles. The van der Waals surface area contributed by atoms with Crippen LogP contribution in [-0.4, -0.2) is 0 Å². The molecule has 0 heterocycles. The van der Waals surface area contributed by atoms with Gasteiger partial charge in [-0.2, -0.15) is 0 Å². The van der Waals surface area contributed by atoms with Gasteiger partial charge in [-0.3, -0.25) is 4.70 Å². The van der Waals surface area contributed by atoms with Crippen LogP contribution in [-0.2, 0) is 0 Å². The van der Waals surface area contributed by atoms with Crippen LogP contribution in [0.1, 0.15) is 25.3 Å². The first kappa shape index (κ1) is 11.0. The van der Waals surface area contributed by atoms with Gasteiger partial charge in [-0.15, -0.1) is 0 Å². The molecule has 3 heteroatoms. The van der Waals surface area contributed by atoms with Crippen LogP contribution in [0.5, 0.6) is 0 Å². The van der Waals surface area contributed by atoms with Crippen molar-refractivity contribution < 1.29 is 13.5 Å². The van der Waals surface area contributed by atoms with Crippen LogP contribution in [0.15, 0.2) is 18.2 Å². The first-order chi connectivity index (χ1) is 5.09. The maximum Gasteiger partial charge on any atom is 0.126 e. The van der Waals surface area contributed by atoms with Crippen molar-refractivity contribution in [3.63, 3.8) is 0 Å². The summed E-state index contributed by atoms with van der Waals surface area (Å²) < 4.78 is 25.1. The summed E-state index contributed by atoms with van der Waals surface area (Å²) in [5, 5.41) is 0. The second-order valence-corrected chi connectivity index (χ2v) is 2.86. The van der Waals surface area contributed by atoms with Crippen LogP contribution in [0.25, 0.3) is 0 Å². The Labute approximate surface area is 69.6 Å². The zero-order valence-corrected chi connectivity index (χ0v) is 6.97. The van der Waals surface area contributed by atoms with E-state index in [-0.39, 0.29) is 10.6 Å². The van der Waals surface area contributed by atoms with Crippen molar-refractivity contribution in [2.75, 3.05) is 0 Å². The van der Waals surface area contributed by atoms with Crippen LogP contribution in [0, 0.1) is 11.6 Å². The largest absolute Gasteiger partial charge is 0.269 e. The molecule has 0 N–H and O–H groups in total. The molecule has 1 aromatic carbocycles. The molecule has 0 aliphatic heterocycles. The van der Waals surface area contributed by atoms with Gasteiger partial charge in [0.1, 0.15) is 11.6 Å². The monoisotopic (exact) mass is 176 g/mol. The normalized spacial score (nSPS) is 9.75. The third kappa shape index (κ3) is 2.57. The van der Waals surface area contributed by atoms with Crippen molar-refractivity contribution in [3.8, 4) is 0 Å². The number of halogens is 3. The fraction of sp³-hybridized carbons (Fsp3) is 0.333. The fourth-order valence-corrected chi connectivity index (χ4v) is 0.908. The van der Waals surface area contributed by atoms with Gasteiger partial charge in [0.2, 0.25) is 0 Å². The molecule has 0 bridgehead atoms. The summed E-state index contributed by atoms with van der Waals surface area (Å²) in [6.07, 6.45) is 0. The van der Waals surface area contributed by atoms with Gasteiger partial charge in [0.25, 0.3) is 0 Å². The fourth-order valence-electron chi connectivity index (χ4n) is 0.908. The van der Waals surface area contributed by atoms with Gasteiger partial charge in [-0.25, -0.2) is 8.78 Å². The van der Waals surface area contributed by atoms with Crippen molar-refractivity contribution in [2.24, 2.45) is 0 Å². The van der Waals surface area contributed by atoms with Gasteiger partial charge >= 0.3 is 0 Å². The molecule has 0 unspecified atom stereocenters. The van der Waals surface area contributed by atoms with E-state index in [4.69, 9.17) is 0 Å². The lowest BCUT2D eigenvalue weighted by Crippen LogP contribution is -1.90. The van der Waals surface area contributed by atoms with Crippen molar-refractivity contribution in [2.45, 2.75) is 19.8 Å². The maximum atomic E-state index is 12.5. The highest BCUT2D eigenvalue weighted by molar-refractivity contribution is 5.20. The minimum Gasteiger partial charge on any atom is -0.269 e. The lowest BCUT2D eigenvalue weighted by atomic mass is 10.0. The highest BCUT2D eigenvalue weighted by Crippen LogP contribution is 2.16. The molecule has 0 atom stereocenters. The Morgan fingerprint density at radius 2 is 1.42 bits per heavy atom. The number of benzene rings is 1. The molecule has 0 saturated carbocycles. The Morgan fingerprint density at radius 1 is 1.00 bits per heavy atom. The first-order valence-electron chi connectivity index (χ1n) is 3.55. The summed E-state index contributed by atoms with van der Waals surface area (Å²) in [6, 6.07) is 3.59. The summed E-state index contributed by atoms with van der Waals surface area (Å²) >= 11 is 0. The minimum atomic E-state index is -0.506. The predicted molar refractivity (Wildman–Crippen MR) is 43.0 cm³/mol. The van der Waals surface area contributed by atoms with Crippen LogP contribution < -0.4 is 0 Å². The van der Waals surface area contributed by atoms with E-state index in [0.29, 0.717) is 5.56 Å². The van der Waals surface area contributed by atoms with E-state index in [1.165, 1.54) is 12.1 Å². The molecular weight excluding hydrogens is 165 g/mol. The number of hydrogen-bond donors (Lipinski definition) is 0. The van der Waals surface area contributed by atoms with E-state index in [9.17, 15) is 8.78 Å². The first-order valence-corrected chi connectivity index (χ1v) is 3.55. The van der Waals surface area contributed by atoms with Gasteiger partial charge in [-0.05, 0) is 23.6 Å². The zero-order chi connectivity index (χ0) is 8.43. The summed E-state index contributed by atoms with van der Waals surface area (Å²) in [5.74, 6) is -0.845. The van der Waals surface area contributed by atoms with E-state index in [2.05, 4.69) is 0 Å². The molecule has 1 rings (SSSR count). The number of rotatable bonds is 1. The molecule has 0 nitrogen and oxygen atoms in total. The highest BCUT2D eigenvalue weighted by Gasteiger charge is 2.02. The molecule has 0 aliphatic carbocycles. The molecule has 0 saturated heterocycles. The van der Waals surface area contributed by atoms with Gasteiger partial charge in [0, 0.05) is 6.07 Å². The van der Waals surface area contributed by atoms with Crippen molar-refractivity contribution in [1.82, 2.24) is 0 Å². The van der Waals surface area contributed by atoms with Crippen molar-refractivity contribution >= 4 is 0 Å². The Kier molecular flexibility index (Phi) is 3.80. The van der Waals surface area contributed by atoms with Gasteiger partial charge in [0.05, 0.1) is 0 Å². The Bertz CT molecular complexity index is 236. The molecular formula is C9H11F3. The molecule has 12 heavy (non-hydrogen) atoms. The Morgan fingerprint density at radius 3 is 1.75 bits per heavy atom. The molecule has 0 spiro atoms. The standard InChI is InChI=1S/C9H10F2.FH/c1-6(2)7-3-8(10)5-9(11)4-7;/h3-6H,1-2H3;1H. The van der Waals surface area contributed by atoms with Crippen LogP contribution in [0.2, 0.25) is 0 Å². The molecule has 0 radical (unpaired) electrons. The van der Waals surface area contributed by atoms with E-state index in [1.807, 2.05) is 13.8 Å². The highest BCUT2D eigenvalue weighted by atomic mass is 19.1. The lowest BCUT2D eigenvalue weighted by molar-refractivity contribution is 0.577. The van der Waals surface area contributed by atoms with Crippen LogP contribution >= 0.6 is 0 Å². The van der Waals surface area contributed by atoms with Gasteiger partial charge in [-0.1, -0.05) is 13.8 Å². The minimum absolute atomic E-state index is 0. The van der Waals surface area contributed by atoms with E-state index in [1.54, 1.807) is 0 Å². The van der Waals surface area contributed by atoms with Crippen LogP contribution in [0.4, 0.5) is 13.5 Å². The SMILES string of the molecule is CC(C)c1cc(F)cc(F)c1.F. The number of hydrogen-bond acceptors (Lipinski definition) is 0. The predicted octanol–water partition coefficient (Wildman–Crippen LogP) is 3.24. The van der Waals surface area contributed by atoms with E-state index < -0.39 is 11.6 Å². The molecule has 0 aliphatic rings. The smallest absolute Gasteiger partial charge is 0.126 e. The second kappa shape index (κ2) is 4.14. The molecule has 0 amide bonds. The average Bonchev–Trinajstić information content (AvgIpc) is 1.85. The lowest BCUT2D eigenvalue weighted by Gasteiger charge is -2.04. The van der Waals surface area contributed by atoms with Crippen LogP contribution in [0.3, 0.4) is 0 Å². The van der Waals surface area contributed by atoms with Crippen molar-refractivity contribution in [1.29, 1.82) is 0 Å². The maximum absolute atomic E-state index is 12.5. The summed E-state index contributed by atoms with van der Waals surface area (Å²) in [5.41, 5.74) is 0.697. The third-order valence-corrected chi connectivity index (χ3v) is 1.55. The summed E-state index contributed by atoms with van der Waals surface area (Å²) in [7, 11) is 0. The molecule has 68 valence electrons. The summed E-state index contributed by atoms with van der Waals surface area (Å²) in [6.45, 7) is 3.79. The van der Waals surface area contributed by atoms with Crippen molar-refractivity contribution in [3.05, 3.63) is 35.4 Å². The van der Waals surface area contributed by atoms with E-state index in [0.717, 1.165) is 6.07 Å². The summed E-state index contributed by atoms with van der Waals surface area (Å²) in [4.78, 5) is 0. The Hall–Kier alpha value is -0.990. The van der Waals surface area contributed by atoms with E-state index >= 15 is 0 Å². The third-order valence-electron chi connectivity index (χ3n) is 1.55. The molecule has 1 aromatic rings. The second-order valence-electron chi connectivity index (χ2n) is 2.86. The van der Waals surface area contributed by atoms with Gasteiger partial charge in [0.15, 0.2) is 0 Å². The zero-order valence-electron chi connectivity index (χ0n) is 6.97. The Balaban J connectivity index is 0.00000121. The quantitative estimate of drug-likeness (QED) is 0.616. The average molecular weight is 176 g/mol. The van der Waals surface area contributed by atoms with Gasteiger partial charge < -0.3 is 0 Å².